The second-order valence-corrected chi connectivity index (χ2v) is 7.22. The fraction of sp³-hybridized carbons (Fsp3) is 0.167. The number of hydrogen-bond donors (Lipinski definition) is 1. The number of aliphatic hydroxyl groups is 1. The molecule has 0 saturated carbocycles. The number of rotatable bonds is 6. The van der Waals surface area contributed by atoms with Gasteiger partial charge in [-0.2, -0.15) is 0 Å². The van der Waals surface area contributed by atoms with E-state index >= 15 is 0 Å². The van der Waals surface area contributed by atoms with Crippen LogP contribution in [0.5, 0.6) is 5.75 Å². The number of aliphatic hydroxyl groups excluding tert-OH is 1. The van der Waals surface area contributed by atoms with Gasteiger partial charge in [0.15, 0.2) is 11.5 Å². The molecule has 0 saturated heterocycles. The minimum atomic E-state index is -0.800. The summed E-state index contributed by atoms with van der Waals surface area (Å²) in [6.07, 6.45) is 1.40. The van der Waals surface area contributed by atoms with Crippen LogP contribution in [0.1, 0.15) is 36.0 Å². The third-order valence-electron chi connectivity index (χ3n) is 4.80. The molecule has 3 aromatic rings. The van der Waals surface area contributed by atoms with Crippen LogP contribution in [0.15, 0.2) is 88.7 Å². The highest BCUT2D eigenvalue weighted by molar-refractivity contribution is 6.20. The fourth-order valence-corrected chi connectivity index (χ4v) is 3.55. The molecule has 1 N–H and O–H groups in total. The third-order valence-corrected chi connectivity index (χ3v) is 4.80. The Morgan fingerprint density at radius 1 is 1.03 bits per heavy atom. The predicted octanol–water partition coefficient (Wildman–Crippen LogP) is 4.85. The van der Waals surface area contributed by atoms with Crippen molar-refractivity contribution in [1.29, 1.82) is 0 Å². The van der Waals surface area contributed by atoms with E-state index < -0.39 is 23.5 Å². The molecule has 0 fully saturated rings. The summed E-state index contributed by atoms with van der Waals surface area (Å²) in [6.45, 7) is 3.86. The molecule has 1 atom stereocenters. The van der Waals surface area contributed by atoms with Crippen LogP contribution in [0, 0.1) is 0 Å². The zero-order chi connectivity index (χ0) is 21.3. The Morgan fingerprint density at radius 3 is 2.33 bits per heavy atom. The quantitative estimate of drug-likeness (QED) is 0.595. The summed E-state index contributed by atoms with van der Waals surface area (Å²) in [7, 11) is 0. The first-order valence-corrected chi connectivity index (χ1v) is 9.64. The molecule has 0 aliphatic carbocycles. The lowest BCUT2D eigenvalue weighted by Gasteiger charge is -2.27. The molecule has 0 bridgehead atoms. The molecule has 152 valence electrons. The Bertz CT molecular complexity index is 1080. The number of Topliss-reactive ketones (excluding diaryl/α,β-unsaturated/α-hetero) is 1. The van der Waals surface area contributed by atoms with Crippen molar-refractivity contribution in [2.45, 2.75) is 26.0 Å². The molecule has 0 spiro atoms. The van der Waals surface area contributed by atoms with Crippen molar-refractivity contribution in [3.05, 3.63) is 95.6 Å². The SMILES string of the molecule is CC(C)Oc1ccc(C2C(C(=O)c3ccco3)=C(O)C(=O)N2c2ccccc2)cc1. The number of hydrogen-bond acceptors (Lipinski definition) is 5. The van der Waals surface area contributed by atoms with Gasteiger partial charge in [-0.15, -0.1) is 0 Å². The molecule has 0 radical (unpaired) electrons. The average molecular weight is 403 g/mol. The lowest BCUT2D eigenvalue weighted by molar-refractivity contribution is -0.117. The van der Waals surface area contributed by atoms with Crippen LogP contribution in [0.3, 0.4) is 0 Å². The number of carbonyl (C=O) groups is 2. The molecule has 1 amide bonds. The van der Waals surface area contributed by atoms with Gasteiger partial charge in [0.25, 0.3) is 5.91 Å². The maximum atomic E-state index is 13.1. The second-order valence-electron chi connectivity index (χ2n) is 7.22. The first-order valence-electron chi connectivity index (χ1n) is 9.64. The van der Waals surface area contributed by atoms with Crippen molar-refractivity contribution >= 4 is 17.4 Å². The van der Waals surface area contributed by atoms with Crippen LogP contribution in [-0.4, -0.2) is 22.9 Å². The van der Waals surface area contributed by atoms with Gasteiger partial charge < -0.3 is 14.3 Å². The van der Waals surface area contributed by atoms with E-state index in [2.05, 4.69) is 0 Å². The Hall–Kier alpha value is -3.80. The van der Waals surface area contributed by atoms with E-state index in [0.717, 1.165) is 0 Å². The van der Waals surface area contributed by atoms with Gasteiger partial charge in [0.1, 0.15) is 5.75 Å². The summed E-state index contributed by atoms with van der Waals surface area (Å²) in [5.41, 5.74) is 1.22. The summed E-state index contributed by atoms with van der Waals surface area (Å²) >= 11 is 0. The van der Waals surface area contributed by atoms with Crippen LogP contribution in [0.2, 0.25) is 0 Å². The Morgan fingerprint density at radius 2 is 1.73 bits per heavy atom. The van der Waals surface area contributed by atoms with Gasteiger partial charge in [0, 0.05) is 5.69 Å². The van der Waals surface area contributed by atoms with Gasteiger partial charge in [-0.05, 0) is 55.8 Å². The molecule has 30 heavy (non-hydrogen) atoms. The monoisotopic (exact) mass is 403 g/mol. The number of para-hydroxylation sites is 1. The van der Waals surface area contributed by atoms with E-state index in [4.69, 9.17) is 9.15 Å². The molecular formula is C24H21NO5. The number of amides is 1. The number of furan rings is 1. The van der Waals surface area contributed by atoms with Crippen molar-refractivity contribution in [3.63, 3.8) is 0 Å². The number of benzene rings is 2. The summed E-state index contributed by atoms with van der Waals surface area (Å²) < 4.78 is 10.9. The summed E-state index contributed by atoms with van der Waals surface area (Å²) in [5, 5.41) is 10.7. The number of nitrogens with zero attached hydrogens (tertiary/aromatic N) is 1. The van der Waals surface area contributed by atoms with Crippen LogP contribution >= 0.6 is 0 Å². The molecule has 1 aliphatic rings. The van der Waals surface area contributed by atoms with E-state index in [1.807, 2.05) is 19.9 Å². The molecule has 2 heterocycles. The van der Waals surface area contributed by atoms with E-state index in [0.29, 0.717) is 17.0 Å². The minimum absolute atomic E-state index is 0.0173. The molecular weight excluding hydrogens is 382 g/mol. The van der Waals surface area contributed by atoms with E-state index in [1.165, 1.54) is 17.2 Å². The van der Waals surface area contributed by atoms with Gasteiger partial charge in [0.05, 0.1) is 24.0 Å². The topological polar surface area (TPSA) is 80.0 Å². The van der Waals surface area contributed by atoms with Crippen LogP contribution in [-0.2, 0) is 4.79 Å². The molecule has 4 rings (SSSR count). The van der Waals surface area contributed by atoms with Gasteiger partial charge in [-0.25, -0.2) is 0 Å². The molecule has 1 aromatic heterocycles. The van der Waals surface area contributed by atoms with E-state index in [9.17, 15) is 14.7 Å². The molecule has 1 aliphatic heterocycles. The maximum Gasteiger partial charge on any atom is 0.294 e. The standard InChI is InChI=1S/C24H21NO5/c1-15(2)30-18-12-10-16(11-13-18)21-20(22(26)19-9-6-14-29-19)23(27)24(28)25(21)17-7-4-3-5-8-17/h3-15,21,27H,1-2H3. The molecule has 2 aromatic carbocycles. The Labute approximate surface area is 174 Å². The smallest absolute Gasteiger partial charge is 0.294 e. The highest BCUT2D eigenvalue weighted by Crippen LogP contribution is 2.42. The molecule has 6 heteroatoms. The van der Waals surface area contributed by atoms with Gasteiger partial charge in [-0.1, -0.05) is 30.3 Å². The second kappa shape index (κ2) is 7.91. The average Bonchev–Trinajstić information content (AvgIpc) is 3.36. The van der Waals surface area contributed by atoms with Gasteiger partial charge in [-0.3, -0.25) is 14.5 Å². The lowest BCUT2D eigenvalue weighted by atomic mass is 9.94. The fourth-order valence-electron chi connectivity index (χ4n) is 3.55. The van der Waals surface area contributed by atoms with Crippen LogP contribution in [0.4, 0.5) is 5.69 Å². The zero-order valence-electron chi connectivity index (χ0n) is 16.6. The number of ether oxygens (including phenoxy) is 1. The highest BCUT2D eigenvalue weighted by atomic mass is 16.5. The third kappa shape index (κ3) is 3.48. The van der Waals surface area contributed by atoms with E-state index in [1.54, 1.807) is 54.6 Å². The maximum absolute atomic E-state index is 13.1. The van der Waals surface area contributed by atoms with Crippen LogP contribution in [0.25, 0.3) is 0 Å². The zero-order valence-corrected chi connectivity index (χ0v) is 16.6. The Kier molecular flexibility index (Phi) is 5.14. The normalized spacial score (nSPS) is 16.4. The van der Waals surface area contributed by atoms with Gasteiger partial charge >= 0.3 is 0 Å². The van der Waals surface area contributed by atoms with Crippen molar-refractivity contribution in [1.82, 2.24) is 0 Å². The largest absolute Gasteiger partial charge is 0.503 e. The lowest BCUT2D eigenvalue weighted by Crippen LogP contribution is -2.31. The molecule has 6 nitrogen and oxygen atoms in total. The van der Waals surface area contributed by atoms with Gasteiger partial charge in [0.2, 0.25) is 5.78 Å². The minimum Gasteiger partial charge on any atom is -0.503 e. The first kappa shape index (κ1) is 19.5. The van der Waals surface area contributed by atoms with Crippen molar-refractivity contribution in [3.8, 4) is 5.75 Å². The van der Waals surface area contributed by atoms with Crippen molar-refractivity contribution < 1.29 is 23.8 Å². The highest BCUT2D eigenvalue weighted by Gasteiger charge is 2.45. The first-order chi connectivity index (χ1) is 14.5. The Balaban J connectivity index is 1.81. The van der Waals surface area contributed by atoms with E-state index in [-0.39, 0.29) is 17.4 Å². The summed E-state index contributed by atoms with van der Waals surface area (Å²) in [5.74, 6) is -1.01. The molecule has 1 unspecified atom stereocenters. The predicted molar refractivity (Wildman–Crippen MR) is 112 cm³/mol. The van der Waals surface area contributed by atoms with Crippen molar-refractivity contribution in [2.24, 2.45) is 0 Å². The number of ketones is 1. The summed E-state index contributed by atoms with van der Waals surface area (Å²) in [6, 6.07) is 18.4. The van der Waals surface area contributed by atoms with Crippen LogP contribution < -0.4 is 9.64 Å². The number of anilines is 1. The summed E-state index contributed by atoms with van der Waals surface area (Å²) in [4.78, 5) is 27.5. The number of carbonyl (C=O) groups excluding carboxylic acids is 2. The van der Waals surface area contributed by atoms with Crippen molar-refractivity contribution in [2.75, 3.05) is 4.90 Å².